The summed E-state index contributed by atoms with van der Waals surface area (Å²) in [7, 11) is 0. The SMILES string of the molecule is O=C(O)C1CCN(C(=O)CN2CCSCC2)CC1. The second kappa shape index (κ2) is 6.43. The minimum Gasteiger partial charge on any atom is -0.481 e. The number of hydrogen-bond acceptors (Lipinski definition) is 4. The molecule has 2 fully saturated rings. The van der Waals surface area contributed by atoms with Crippen LogP contribution in [0.5, 0.6) is 0 Å². The molecule has 0 unspecified atom stereocenters. The van der Waals surface area contributed by atoms with Crippen LogP contribution in [0.15, 0.2) is 0 Å². The molecule has 18 heavy (non-hydrogen) atoms. The van der Waals surface area contributed by atoms with Gasteiger partial charge in [0.2, 0.25) is 5.91 Å². The van der Waals surface area contributed by atoms with E-state index >= 15 is 0 Å². The van der Waals surface area contributed by atoms with Crippen molar-refractivity contribution in [2.75, 3.05) is 44.2 Å². The van der Waals surface area contributed by atoms with E-state index in [9.17, 15) is 9.59 Å². The third-order valence-electron chi connectivity index (χ3n) is 3.66. The Kier molecular flexibility index (Phi) is 4.88. The van der Waals surface area contributed by atoms with E-state index < -0.39 is 5.97 Å². The van der Waals surface area contributed by atoms with Crippen molar-refractivity contribution >= 4 is 23.6 Å². The summed E-state index contributed by atoms with van der Waals surface area (Å²) < 4.78 is 0. The molecule has 0 radical (unpaired) electrons. The number of carbonyl (C=O) groups excluding carboxylic acids is 1. The van der Waals surface area contributed by atoms with Gasteiger partial charge in [0.15, 0.2) is 0 Å². The van der Waals surface area contributed by atoms with Gasteiger partial charge in [0.1, 0.15) is 0 Å². The van der Waals surface area contributed by atoms with E-state index in [0.29, 0.717) is 32.5 Å². The number of nitrogens with zero attached hydrogens (tertiary/aromatic N) is 2. The van der Waals surface area contributed by atoms with E-state index in [-0.39, 0.29) is 11.8 Å². The Morgan fingerprint density at radius 1 is 1.11 bits per heavy atom. The van der Waals surface area contributed by atoms with Crippen LogP contribution in [0.2, 0.25) is 0 Å². The third-order valence-corrected chi connectivity index (χ3v) is 4.60. The maximum atomic E-state index is 12.1. The first-order chi connectivity index (χ1) is 8.66. The molecule has 0 aromatic carbocycles. The maximum absolute atomic E-state index is 12.1. The van der Waals surface area contributed by atoms with Gasteiger partial charge < -0.3 is 10.0 Å². The molecule has 0 atom stereocenters. The lowest BCUT2D eigenvalue weighted by Gasteiger charge is -2.33. The van der Waals surface area contributed by atoms with Crippen molar-refractivity contribution in [2.24, 2.45) is 5.92 Å². The number of carbonyl (C=O) groups is 2. The molecule has 102 valence electrons. The van der Waals surface area contributed by atoms with E-state index in [1.165, 1.54) is 0 Å². The third kappa shape index (κ3) is 3.62. The van der Waals surface area contributed by atoms with Gasteiger partial charge in [0.25, 0.3) is 0 Å². The molecule has 0 bridgehead atoms. The molecule has 0 aliphatic carbocycles. The zero-order valence-corrected chi connectivity index (χ0v) is 11.3. The average molecular weight is 272 g/mol. The van der Waals surface area contributed by atoms with Gasteiger partial charge >= 0.3 is 5.97 Å². The smallest absolute Gasteiger partial charge is 0.306 e. The highest BCUT2D eigenvalue weighted by atomic mass is 32.2. The van der Waals surface area contributed by atoms with Crippen LogP contribution in [0, 0.1) is 5.92 Å². The van der Waals surface area contributed by atoms with Gasteiger partial charge in [-0.3, -0.25) is 14.5 Å². The molecule has 5 nitrogen and oxygen atoms in total. The predicted octanol–water partition coefficient (Wildman–Crippen LogP) is 0.358. The summed E-state index contributed by atoms with van der Waals surface area (Å²) in [6.45, 7) is 3.67. The average Bonchev–Trinajstić information content (AvgIpc) is 2.40. The fourth-order valence-electron chi connectivity index (χ4n) is 2.43. The van der Waals surface area contributed by atoms with Crippen LogP contribution in [0.4, 0.5) is 0 Å². The Hall–Kier alpha value is -0.750. The summed E-state index contributed by atoms with van der Waals surface area (Å²) in [5, 5.41) is 8.91. The topological polar surface area (TPSA) is 60.9 Å². The van der Waals surface area contributed by atoms with Crippen molar-refractivity contribution in [1.29, 1.82) is 0 Å². The van der Waals surface area contributed by atoms with Crippen molar-refractivity contribution in [3.8, 4) is 0 Å². The second-order valence-electron chi connectivity index (χ2n) is 4.88. The van der Waals surface area contributed by atoms with Crippen molar-refractivity contribution < 1.29 is 14.7 Å². The van der Waals surface area contributed by atoms with Gasteiger partial charge in [-0.15, -0.1) is 0 Å². The first-order valence-electron chi connectivity index (χ1n) is 6.47. The normalized spacial score (nSPS) is 23.0. The minimum absolute atomic E-state index is 0.158. The molecule has 2 aliphatic heterocycles. The molecule has 1 amide bonds. The number of likely N-dealkylation sites (tertiary alicyclic amines) is 1. The molecule has 0 spiro atoms. The van der Waals surface area contributed by atoms with Crippen LogP contribution in [0.1, 0.15) is 12.8 Å². The fraction of sp³-hybridized carbons (Fsp3) is 0.833. The summed E-state index contributed by atoms with van der Waals surface area (Å²) >= 11 is 1.93. The summed E-state index contributed by atoms with van der Waals surface area (Å²) in [6, 6.07) is 0. The molecular formula is C12H20N2O3S. The van der Waals surface area contributed by atoms with Crippen LogP contribution < -0.4 is 0 Å². The van der Waals surface area contributed by atoms with E-state index in [0.717, 1.165) is 24.6 Å². The minimum atomic E-state index is -0.727. The summed E-state index contributed by atoms with van der Waals surface area (Å²) in [6.07, 6.45) is 1.19. The fourth-order valence-corrected chi connectivity index (χ4v) is 3.41. The van der Waals surface area contributed by atoms with Gasteiger partial charge in [-0.1, -0.05) is 0 Å². The van der Waals surface area contributed by atoms with Crippen molar-refractivity contribution in [3.63, 3.8) is 0 Å². The molecule has 6 heteroatoms. The van der Waals surface area contributed by atoms with Crippen LogP contribution in [0.25, 0.3) is 0 Å². The standard InChI is InChI=1S/C12H20N2O3S/c15-11(9-13-5-7-18-8-6-13)14-3-1-10(2-4-14)12(16)17/h10H,1-9H2,(H,16,17). The number of carboxylic acid groups (broad SMARTS) is 1. The summed E-state index contributed by atoms with van der Waals surface area (Å²) in [5.74, 6) is 1.38. The maximum Gasteiger partial charge on any atom is 0.306 e. The number of carboxylic acids is 1. The number of amides is 1. The van der Waals surface area contributed by atoms with Gasteiger partial charge in [-0.05, 0) is 12.8 Å². The Morgan fingerprint density at radius 3 is 2.28 bits per heavy atom. The number of hydrogen-bond donors (Lipinski definition) is 1. The molecule has 1 N–H and O–H groups in total. The predicted molar refractivity (Wildman–Crippen MR) is 70.7 cm³/mol. The number of thioether (sulfide) groups is 1. The Balaban J connectivity index is 1.75. The molecule has 0 aromatic rings. The number of piperidine rings is 1. The van der Waals surface area contributed by atoms with Gasteiger partial charge in [0, 0.05) is 37.7 Å². The monoisotopic (exact) mass is 272 g/mol. The van der Waals surface area contributed by atoms with E-state index in [1.54, 1.807) is 0 Å². The van der Waals surface area contributed by atoms with Gasteiger partial charge in [-0.25, -0.2) is 0 Å². The lowest BCUT2D eigenvalue weighted by atomic mass is 9.97. The van der Waals surface area contributed by atoms with Crippen molar-refractivity contribution in [2.45, 2.75) is 12.8 Å². The van der Waals surface area contributed by atoms with E-state index in [4.69, 9.17) is 5.11 Å². The van der Waals surface area contributed by atoms with Crippen LogP contribution >= 0.6 is 11.8 Å². The molecule has 2 saturated heterocycles. The number of rotatable bonds is 3. The lowest BCUT2D eigenvalue weighted by Crippen LogP contribution is -2.46. The highest BCUT2D eigenvalue weighted by molar-refractivity contribution is 7.99. The molecule has 2 aliphatic rings. The van der Waals surface area contributed by atoms with Crippen molar-refractivity contribution in [3.05, 3.63) is 0 Å². The number of aliphatic carboxylic acids is 1. The molecule has 0 saturated carbocycles. The summed E-state index contributed by atoms with van der Waals surface area (Å²) in [5.41, 5.74) is 0. The highest BCUT2D eigenvalue weighted by Gasteiger charge is 2.27. The largest absolute Gasteiger partial charge is 0.481 e. The Bertz CT molecular complexity index is 310. The molecule has 0 aromatic heterocycles. The zero-order chi connectivity index (χ0) is 13.0. The van der Waals surface area contributed by atoms with E-state index in [2.05, 4.69) is 4.90 Å². The summed E-state index contributed by atoms with van der Waals surface area (Å²) in [4.78, 5) is 26.9. The van der Waals surface area contributed by atoms with E-state index in [1.807, 2.05) is 16.7 Å². The van der Waals surface area contributed by atoms with Crippen LogP contribution in [-0.4, -0.2) is 71.0 Å². The Labute approximate surface area is 112 Å². The second-order valence-corrected chi connectivity index (χ2v) is 6.11. The van der Waals surface area contributed by atoms with Gasteiger partial charge in [0.05, 0.1) is 12.5 Å². The molecule has 2 rings (SSSR count). The first-order valence-corrected chi connectivity index (χ1v) is 7.63. The van der Waals surface area contributed by atoms with Crippen LogP contribution in [0.3, 0.4) is 0 Å². The van der Waals surface area contributed by atoms with Crippen LogP contribution in [-0.2, 0) is 9.59 Å². The van der Waals surface area contributed by atoms with Gasteiger partial charge in [-0.2, -0.15) is 11.8 Å². The van der Waals surface area contributed by atoms with Crippen molar-refractivity contribution in [1.82, 2.24) is 9.80 Å². The lowest BCUT2D eigenvalue weighted by molar-refractivity contribution is -0.145. The Morgan fingerprint density at radius 2 is 1.72 bits per heavy atom. The molecular weight excluding hydrogens is 252 g/mol. The quantitative estimate of drug-likeness (QED) is 0.804. The molecule has 2 heterocycles. The first kappa shape index (κ1) is 13.7. The zero-order valence-electron chi connectivity index (χ0n) is 10.5. The highest BCUT2D eigenvalue weighted by Crippen LogP contribution is 2.18.